The van der Waals surface area contributed by atoms with Crippen LogP contribution in [0.5, 0.6) is 0 Å². The smallest absolute Gasteiger partial charge is 0.414 e. The molecule has 0 saturated heterocycles. The molecule has 2 aliphatic rings. The summed E-state index contributed by atoms with van der Waals surface area (Å²) in [5.74, 6) is -0.995. The van der Waals surface area contributed by atoms with E-state index in [2.05, 4.69) is 5.32 Å². The number of aliphatic carboxylic acids is 1. The number of hydrogen-bond acceptors (Lipinski definition) is 3. The monoisotopic (exact) mass is 281 g/mol. The Morgan fingerprint density at radius 2 is 2.05 bits per heavy atom. The van der Waals surface area contributed by atoms with E-state index in [1.807, 2.05) is 0 Å². The van der Waals surface area contributed by atoms with Crippen molar-refractivity contribution in [1.29, 1.82) is 0 Å². The molecule has 2 rings (SSSR count). The van der Waals surface area contributed by atoms with E-state index in [1.165, 1.54) is 0 Å². The first-order chi connectivity index (χ1) is 8.73. The van der Waals surface area contributed by atoms with Crippen molar-refractivity contribution in [3.63, 3.8) is 0 Å². The lowest BCUT2D eigenvalue weighted by molar-refractivity contribution is -0.226. The third-order valence-electron chi connectivity index (χ3n) is 3.79. The van der Waals surface area contributed by atoms with E-state index in [0.29, 0.717) is 12.8 Å². The summed E-state index contributed by atoms with van der Waals surface area (Å²) in [4.78, 5) is 11.4. The van der Waals surface area contributed by atoms with Gasteiger partial charge in [-0.3, -0.25) is 10.1 Å². The van der Waals surface area contributed by atoms with Gasteiger partial charge in [0.25, 0.3) is 0 Å². The maximum Gasteiger partial charge on any atom is 0.414 e. The van der Waals surface area contributed by atoms with E-state index >= 15 is 0 Å². The fourth-order valence-corrected chi connectivity index (χ4v) is 2.49. The summed E-state index contributed by atoms with van der Waals surface area (Å²) >= 11 is 0. The molecule has 3 unspecified atom stereocenters. The Kier molecular flexibility index (Phi) is 3.79. The molecule has 0 spiro atoms. The summed E-state index contributed by atoms with van der Waals surface area (Å²) < 4.78 is 42.2. The fraction of sp³-hybridized carbons (Fsp3) is 0.917. The Labute approximate surface area is 109 Å². The van der Waals surface area contributed by atoms with E-state index in [-0.39, 0.29) is 12.5 Å². The third-order valence-corrected chi connectivity index (χ3v) is 3.79. The predicted octanol–water partition coefficient (Wildman–Crippen LogP) is 2.08. The molecule has 0 aromatic rings. The van der Waals surface area contributed by atoms with Gasteiger partial charge in [0.05, 0.1) is 6.10 Å². The highest BCUT2D eigenvalue weighted by atomic mass is 19.4. The van der Waals surface area contributed by atoms with Gasteiger partial charge in [0.1, 0.15) is 5.54 Å². The van der Waals surface area contributed by atoms with E-state index in [9.17, 15) is 23.1 Å². The molecule has 0 aliphatic heterocycles. The summed E-state index contributed by atoms with van der Waals surface area (Å²) in [7, 11) is 0. The van der Waals surface area contributed by atoms with Crippen LogP contribution in [-0.4, -0.2) is 41.0 Å². The van der Waals surface area contributed by atoms with Crippen LogP contribution in [-0.2, 0) is 9.53 Å². The maximum atomic E-state index is 12.4. The average Bonchev–Trinajstić information content (AvgIpc) is 2.98. The molecule has 0 bridgehead atoms. The zero-order valence-corrected chi connectivity index (χ0v) is 10.7. The lowest BCUT2D eigenvalue weighted by atomic mass is 9.97. The summed E-state index contributed by atoms with van der Waals surface area (Å²) in [5.41, 5.74) is -1.11. The SMILES string of the molecule is CC(OC1CCC(NC2CC2)(C(=O)O)C1)C(F)(F)F. The van der Waals surface area contributed by atoms with Crippen LogP contribution in [0.15, 0.2) is 0 Å². The van der Waals surface area contributed by atoms with E-state index < -0.39 is 29.9 Å². The molecule has 2 fully saturated rings. The van der Waals surface area contributed by atoms with Crippen LogP contribution < -0.4 is 5.32 Å². The van der Waals surface area contributed by atoms with Gasteiger partial charge in [-0.2, -0.15) is 13.2 Å². The van der Waals surface area contributed by atoms with Crippen molar-refractivity contribution in [1.82, 2.24) is 5.32 Å². The quantitative estimate of drug-likeness (QED) is 0.810. The molecule has 2 saturated carbocycles. The van der Waals surface area contributed by atoms with Crippen LogP contribution in [0.3, 0.4) is 0 Å². The van der Waals surface area contributed by atoms with Gasteiger partial charge < -0.3 is 9.84 Å². The van der Waals surface area contributed by atoms with Crippen molar-refractivity contribution in [2.45, 2.75) is 69.0 Å². The van der Waals surface area contributed by atoms with Crippen molar-refractivity contribution in [2.24, 2.45) is 0 Å². The number of ether oxygens (including phenoxy) is 1. The third kappa shape index (κ3) is 3.39. The number of halogens is 3. The van der Waals surface area contributed by atoms with Gasteiger partial charge in [-0.1, -0.05) is 0 Å². The number of nitrogens with one attached hydrogen (secondary N) is 1. The molecule has 3 atom stereocenters. The molecule has 4 nitrogen and oxygen atoms in total. The molecular formula is C12H18F3NO3. The summed E-state index contributed by atoms with van der Waals surface area (Å²) in [6.45, 7) is 0.953. The Morgan fingerprint density at radius 1 is 1.42 bits per heavy atom. The van der Waals surface area contributed by atoms with Gasteiger partial charge in [-0.15, -0.1) is 0 Å². The number of alkyl halides is 3. The van der Waals surface area contributed by atoms with Gasteiger partial charge in [-0.05, 0) is 32.6 Å². The summed E-state index contributed by atoms with van der Waals surface area (Å²) in [6, 6.07) is 0.190. The molecule has 19 heavy (non-hydrogen) atoms. The normalized spacial score (nSPS) is 33.4. The molecule has 2 N–H and O–H groups in total. The van der Waals surface area contributed by atoms with Crippen molar-refractivity contribution in [2.75, 3.05) is 0 Å². The Hall–Kier alpha value is -0.820. The average molecular weight is 281 g/mol. The van der Waals surface area contributed by atoms with Gasteiger partial charge in [-0.25, -0.2) is 0 Å². The Morgan fingerprint density at radius 3 is 2.53 bits per heavy atom. The standard InChI is InChI=1S/C12H18F3NO3/c1-7(12(13,14)15)19-9-4-5-11(6-9,10(17)18)16-8-2-3-8/h7-9,16H,2-6H2,1H3,(H,17,18). The molecule has 0 radical (unpaired) electrons. The number of carbonyl (C=O) groups is 1. The molecular weight excluding hydrogens is 263 g/mol. The van der Waals surface area contributed by atoms with Crippen LogP contribution in [0.25, 0.3) is 0 Å². The highest BCUT2D eigenvalue weighted by Gasteiger charge is 2.50. The first-order valence-corrected chi connectivity index (χ1v) is 6.46. The molecule has 0 aromatic carbocycles. The fourth-order valence-electron chi connectivity index (χ4n) is 2.49. The van der Waals surface area contributed by atoms with E-state index in [4.69, 9.17) is 4.74 Å². The number of carboxylic acid groups (broad SMARTS) is 1. The lowest BCUT2D eigenvalue weighted by Gasteiger charge is -2.27. The Bertz CT molecular complexity index is 357. The van der Waals surface area contributed by atoms with Crippen LogP contribution in [0, 0.1) is 0 Å². The first kappa shape index (κ1) is 14.6. The first-order valence-electron chi connectivity index (χ1n) is 6.46. The van der Waals surface area contributed by atoms with Crippen LogP contribution >= 0.6 is 0 Å². The second kappa shape index (κ2) is 4.94. The van der Waals surface area contributed by atoms with Gasteiger partial charge in [0.15, 0.2) is 6.10 Å². The minimum atomic E-state index is -4.40. The van der Waals surface area contributed by atoms with Gasteiger partial charge in [0.2, 0.25) is 0 Å². The highest BCUT2D eigenvalue weighted by molar-refractivity contribution is 5.79. The lowest BCUT2D eigenvalue weighted by Crippen LogP contribution is -2.51. The minimum Gasteiger partial charge on any atom is -0.480 e. The summed E-state index contributed by atoms with van der Waals surface area (Å²) in [5, 5.41) is 12.4. The van der Waals surface area contributed by atoms with Crippen LogP contribution in [0.2, 0.25) is 0 Å². The van der Waals surface area contributed by atoms with Crippen molar-refractivity contribution >= 4 is 5.97 Å². The molecule has 7 heteroatoms. The van der Waals surface area contributed by atoms with Crippen molar-refractivity contribution in [3.05, 3.63) is 0 Å². The zero-order valence-electron chi connectivity index (χ0n) is 10.7. The van der Waals surface area contributed by atoms with E-state index in [0.717, 1.165) is 19.8 Å². The highest BCUT2D eigenvalue weighted by Crippen LogP contribution is 2.37. The second-order valence-electron chi connectivity index (χ2n) is 5.49. The predicted molar refractivity (Wildman–Crippen MR) is 60.8 cm³/mol. The number of carboxylic acids is 1. The zero-order chi connectivity index (χ0) is 14.3. The largest absolute Gasteiger partial charge is 0.480 e. The Balaban J connectivity index is 1.94. The molecule has 110 valence electrons. The topological polar surface area (TPSA) is 58.6 Å². The van der Waals surface area contributed by atoms with Gasteiger partial charge in [0, 0.05) is 12.5 Å². The van der Waals surface area contributed by atoms with Crippen molar-refractivity contribution < 1.29 is 27.8 Å². The van der Waals surface area contributed by atoms with Crippen LogP contribution in [0.4, 0.5) is 13.2 Å². The molecule has 0 heterocycles. The van der Waals surface area contributed by atoms with Gasteiger partial charge >= 0.3 is 12.1 Å². The number of hydrogen-bond donors (Lipinski definition) is 2. The summed E-state index contributed by atoms with van der Waals surface area (Å²) in [6.07, 6.45) is -4.31. The van der Waals surface area contributed by atoms with E-state index in [1.54, 1.807) is 0 Å². The minimum absolute atomic E-state index is 0.0965. The second-order valence-corrected chi connectivity index (χ2v) is 5.49. The molecule has 2 aliphatic carbocycles. The molecule has 0 aromatic heterocycles. The van der Waals surface area contributed by atoms with Crippen LogP contribution in [0.1, 0.15) is 39.0 Å². The van der Waals surface area contributed by atoms with Crippen molar-refractivity contribution in [3.8, 4) is 0 Å². The number of rotatable bonds is 5. The molecule has 0 amide bonds. The maximum absolute atomic E-state index is 12.4.